The lowest BCUT2D eigenvalue weighted by Crippen LogP contribution is -2.40. The van der Waals surface area contributed by atoms with Crippen molar-refractivity contribution in [1.82, 2.24) is 9.21 Å². The van der Waals surface area contributed by atoms with Crippen LogP contribution in [0.15, 0.2) is 53.4 Å². The van der Waals surface area contributed by atoms with Gasteiger partial charge in [0.25, 0.3) is 5.91 Å². The number of ether oxygens (including phenoxy) is 1. The summed E-state index contributed by atoms with van der Waals surface area (Å²) >= 11 is 5.82. The first-order valence-corrected chi connectivity index (χ1v) is 10.4. The van der Waals surface area contributed by atoms with Crippen LogP contribution in [0.1, 0.15) is 15.9 Å². The largest absolute Gasteiger partial charge is 0.378 e. The zero-order chi connectivity index (χ0) is 19.4. The number of hydrogen-bond donors (Lipinski definition) is 0. The van der Waals surface area contributed by atoms with Crippen molar-refractivity contribution in [3.05, 3.63) is 64.7 Å². The third-order valence-electron chi connectivity index (χ3n) is 4.43. The number of amides is 1. The van der Waals surface area contributed by atoms with Gasteiger partial charge in [0.1, 0.15) is 0 Å². The number of sulfonamides is 1. The Bertz CT molecular complexity index is 892. The molecule has 0 aromatic heterocycles. The maximum atomic E-state index is 12.6. The average Bonchev–Trinajstić information content (AvgIpc) is 2.69. The fourth-order valence-electron chi connectivity index (χ4n) is 2.83. The summed E-state index contributed by atoms with van der Waals surface area (Å²) in [6.07, 6.45) is 0. The number of morpholine rings is 1. The Labute approximate surface area is 164 Å². The van der Waals surface area contributed by atoms with Crippen molar-refractivity contribution in [2.75, 3.05) is 33.4 Å². The first-order chi connectivity index (χ1) is 12.9. The molecule has 27 heavy (non-hydrogen) atoms. The van der Waals surface area contributed by atoms with Crippen LogP contribution in [0.25, 0.3) is 0 Å². The normalized spacial score (nSPS) is 15.1. The van der Waals surface area contributed by atoms with Crippen molar-refractivity contribution in [2.45, 2.75) is 11.4 Å². The molecule has 0 saturated carbocycles. The molecule has 144 valence electrons. The summed E-state index contributed by atoms with van der Waals surface area (Å²) < 4.78 is 31.8. The molecule has 0 aliphatic carbocycles. The van der Waals surface area contributed by atoms with Gasteiger partial charge in [-0.2, -0.15) is 4.31 Å². The van der Waals surface area contributed by atoms with E-state index in [9.17, 15) is 13.2 Å². The van der Waals surface area contributed by atoms with Gasteiger partial charge >= 0.3 is 0 Å². The minimum Gasteiger partial charge on any atom is -0.378 e. The monoisotopic (exact) mass is 408 g/mol. The molecule has 0 spiro atoms. The molecule has 1 aliphatic rings. The first kappa shape index (κ1) is 19.8. The first-order valence-electron chi connectivity index (χ1n) is 8.56. The van der Waals surface area contributed by atoms with E-state index in [0.717, 1.165) is 5.56 Å². The summed E-state index contributed by atoms with van der Waals surface area (Å²) in [5.74, 6) is -0.0352. The summed E-state index contributed by atoms with van der Waals surface area (Å²) in [4.78, 5) is 14.4. The van der Waals surface area contributed by atoms with Gasteiger partial charge in [0.05, 0.1) is 18.1 Å². The molecule has 1 heterocycles. The third kappa shape index (κ3) is 4.68. The molecule has 0 unspecified atom stereocenters. The topological polar surface area (TPSA) is 66.9 Å². The highest BCUT2D eigenvalue weighted by Crippen LogP contribution is 2.19. The number of carbonyl (C=O) groups is 1. The fourth-order valence-corrected chi connectivity index (χ4v) is 4.12. The number of rotatable bonds is 5. The fraction of sp³-hybridized carbons (Fsp3) is 0.316. The van der Waals surface area contributed by atoms with Crippen molar-refractivity contribution >= 4 is 27.5 Å². The van der Waals surface area contributed by atoms with E-state index in [4.69, 9.17) is 16.3 Å². The van der Waals surface area contributed by atoms with E-state index in [-0.39, 0.29) is 17.3 Å². The predicted octanol–water partition coefficient (Wildman–Crippen LogP) is 2.63. The molecule has 0 atom stereocenters. The van der Waals surface area contributed by atoms with Crippen molar-refractivity contribution < 1.29 is 17.9 Å². The number of halogens is 1. The summed E-state index contributed by atoms with van der Waals surface area (Å²) in [5.41, 5.74) is 1.39. The number of nitrogens with zero attached hydrogens (tertiary/aromatic N) is 2. The minimum atomic E-state index is -3.61. The van der Waals surface area contributed by atoms with Crippen LogP contribution in [0.5, 0.6) is 0 Å². The number of hydrogen-bond acceptors (Lipinski definition) is 4. The number of benzene rings is 2. The molecular formula is C19H21ClN2O4S. The average molecular weight is 409 g/mol. The van der Waals surface area contributed by atoms with Crippen LogP contribution in [0, 0.1) is 0 Å². The molecular weight excluding hydrogens is 388 g/mol. The molecule has 1 saturated heterocycles. The van der Waals surface area contributed by atoms with E-state index >= 15 is 0 Å². The smallest absolute Gasteiger partial charge is 0.254 e. The summed E-state index contributed by atoms with van der Waals surface area (Å²) in [5, 5.41) is 0.483. The Morgan fingerprint density at radius 2 is 1.67 bits per heavy atom. The maximum Gasteiger partial charge on any atom is 0.254 e. The lowest BCUT2D eigenvalue weighted by molar-refractivity contribution is 0.0303. The lowest BCUT2D eigenvalue weighted by Gasteiger charge is -2.27. The van der Waals surface area contributed by atoms with Crippen LogP contribution in [0.3, 0.4) is 0 Å². The second-order valence-electron chi connectivity index (χ2n) is 6.32. The van der Waals surface area contributed by atoms with Gasteiger partial charge in [0.2, 0.25) is 10.0 Å². The summed E-state index contributed by atoms with van der Waals surface area (Å²) in [6.45, 7) is 2.48. The van der Waals surface area contributed by atoms with Crippen molar-refractivity contribution in [3.63, 3.8) is 0 Å². The maximum absolute atomic E-state index is 12.6. The van der Waals surface area contributed by atoms with Crippen molar-refractivity contribution in [2.24, 2.45) is 0 Å². The SMILES string of the molecule is CN(Cc1ccc(C(=O)N2CCOCC2)cc1)S(=O)(=O)c1ccc(Cl)cc1. The van der Waals surface area contributed by atoms with E-state index in [1.165, 1.54) is 23.5 Å². The molecule has 2 aromatic rings. The van der Waals surface area contributed by atoms with Crippen LogP contribution >= 0.6 is 11.6 Å². The van der Waals surface area contributed by atoms with Crippen molar-refractivity contribution in [3.8, 4) is 0 Å². The highest BCUT2D eigenvalue weighted by Gasteiger charge is 2.22. The van der Waals surface area contributed by atoms with Crippen molar-refractivity contribution in [1.29, 1.82) is 0 Å². The molecule has 6 nitrogen and oxygen atoms in total. The second kappa shape index (κ2) is 8.39. The molecule has 1 amide bonds. The van der Waals surface area contributed by atoms with E-state index in [1.54, 1.807) is 41.3 Å². The standard InChI is InChI=1S/C19H21ClN2O4S/c1-21(27(24,25)18-8-6-17(20)7-9-18)14-15-2-4-16(5-3-15)19(23)22-10-12-26-13-11-22/h2-9H,10-14H2,1H3. The third-order valence-corrected chi connectivity index (χ3v) is 6.50. The van der Waals surface area contributed by atoms with Crippen LogP contribution < -0.4 is 0 Å². The second-order valence-corrected chi connectivity index (χ2v) is 8.80. The molecule has 8 heteroatoms. The van der Waals surface area contributed by atoms with E-state index in [2.05, 4.69) is 0 Å². The van der Waals surface area contributed by atoms with Gasteiger partial charge in [0, 0.05) is 37.3 Å². The molecule has 0 radical (unpaired) electrons. The van der Waals surface area contributed by atoms with E-state index in [1.807, 2.05) is 0 Å². The zero-order valence-electron chi connectivity index (χ0n) is 15.0. The van der Waals surface area contributed by atoms with Gasteiger partial charge in [-0.05, 0) is 42.0 Å². The van der Waals surface area contributed by atoms with Crippen LogP contribution in [-0.4, -0.2) is 56.9 Å². The Hall–Kier alpha value is -1.93. The van der Waals surface area contributed by atoms with E-state index < -0.39 is 10.0 Å². The van der Waals surface area contributed by atoms with Gasteiger partial charge < -0.3 is 9.64 Å². The van der Waals surface area contributed by atoms with Gasteiger partial charge in [-0.1, -0.05) is 23.7 Å². The van der Waals surface area contributed by atoms with Gasteiger partial charge in [-0.15, -0.1) is 0 Å². The van der Waals surface area contributed by atoms with Gasteiger partial charge in [-0.3, -0.25) is 4.79 Å². The Morgan fingerprint density at radius 1 is 1.07 bits per heavy atom. The van der Waals surface area contributed by atoms with E-state index in [0.29, 0.717) is 36.9 Å². The van der Waals surface area contributed by atoms with Crippen LogP contribution in [0.2, 0.25) is 5.02 Å². The Morgan fingerprint density at radius 3 is 2.26 bits per heavy atom. The zero-order valence-corrected chi connectivity index (χ0v) is 16.5. The Balaban J connectivity index is 1.68. The van der Waals surface area contributed by atoms with Gasteiger partial charge in [-0.25, -0.2) is 8.42 Å². The molecule has 0 N–H and O–H groups in total. The predicted molar refractivity (Wildman–Crippen MR) is 103 cm³/mol. The quantitative estimate of drug-likeness (QED) is 0.762. The summed E-state index contributed by atoms with van der Waals surface area (Å²) in [7, 11) is -2.09. The highest BCUT2D eigenvalue weighted by molar-refractivity contribution is 7.89. The lowest BCUT2D eigenvalue weighted by atomic mass is 10.1. The molecule has 1 fully saturated rings. The van der Waals surface area contributed by atoms with Crippen LogP contribution in [-0.2, 0) is 21.3 Å². The molecule has 3 rings (SSSR count). The van der Waals surface area contributed by atoms with Gasteiger partial charge in [0.15, 0.2) is 0 Å². The van der Waals surface area contributed by atoms with Crippen LogP contribution in [0.4, 0.5) is 0 Å². The molecule has 2 aromatic carbocycles. The molecule has 1 aliphatic heterocycles. The molecule has 0 bridgehead atoms. The number of carbonyl (C=O) groups excluding carboxylic acids is 1. The minimum absolute atomic E-state index is 0.0352. The highest BCUT2D eigenvalue weighted by atomic mass is 35.5. The Kier molecular flexibility index (Phi) is 6.16. The summed E-state index contributed by atoms with van der Waals surface area (Å²) in [6, 6.07) is 13.1.